The van der Waals surface area contributed by atoms with E-state index in [0.717, 1.165) is 0 Å². The van der Waals surface area contributed by atoms with Gasteiger partial charge < -0.3 is 43.3 Å². The monoisotopic (exact) mass is 688 g/mol. The second kappa shape index (κ2) is 17.4. The summed E-state index contributed by atoms with van der Waals surface area (Å²) in [7, 11) is 7.54. The highest BCUT2D eigenvalue weighted by Gasteiger charge is 2.50. The lowest BCUT2D eigenvalue weighted by Crippen LogP contribution is -2.59. The number of hydrogen-bond donors (Lipinski definition) is 1. The van der Waals surface area contributed by atoms with Crippen molar-refractivity contribution in [1.82, 2.24) is 9.80 Å². The summed E-state index contributed by atoms with van der Waals surface area (Å²) in [6, 6.07) is 8.59. The number of nitrogens with zero attached hydrogens (tertiary/aromatic N) is 2. The first-order valence-corrected chi connectivity index (χ1v) is 17.3. The molecular formula is C38H60N2O9. The summed E-state index contributed by atoms with van der Waals surface area (Å²) in [6.45, 7) is 17.6. The lowest BCUT2D eigenvalue weighted by atomic mass is 9.80. The average molecular weight is 689 g/mol. The Hall–Kier alpha value is -2.80. The minimum absolute atomic E-state index is 0.0174. The maximum atomic E-state index is 13.5. The van der Waals surface area contributed by atoms with Crippen LogP contribution in [0.15, 0.2) is 54.3 Å². The van der Waals surface area contributed by atoms with Crippen LogP contribution in [-0.4, -0.2) is 116 Å². The maximum absolute atomic E-state index is 13.5. The van der Waals surface area contributed by atoms with Crippen LogP contribution in [0, 0.1) is 11.8 Å². The average Bonchev–Trinajstić information content (AvgIpc) is 3.04. The van der Waals surface area contributed by atoms with Crippen LogP contribution in [0.25, 0.3) is 0 Å². The van der Waals surface area contributed by atoms with E-state index < -0.39 is 47.7 Å². The molecule has 1 N–H and O–H groups in total. The number of carbonyl (C=O) groups excluding carboxylic acids is 2. The van der Waals surface area contributed by atoms with Crippen molar-refractivity contribution < 1.29 is 43.1 Å². The molecule has 0 saturated carbocycles. The van der Waals surface area contributed by atoms with Crippen molar-refractivity contribution in [2.45, 2.75) is 116 Å². The fourth-order valence-corrected chi connectivity index (χ4v) is 7.10. The highest BCUT2D eigenvalue weighted by molar-refractivity contribution is 5.89. The first-order valence-electron chi connectivity index (χ1n) is 17.3. The summed E-state index contributed by atoms with van der Waals surface area (Å²) in [5.41, 5.74) is -0.171. The molecule has 0 aliphatic carbocycles. The van der Waals surface area contributed by atoms with Crippen molar-refractivity contribution in [3.63, 3.8) is 0 Å². The van der Waals surface area contributed by atoms with Gasteiger partial charge >= 0.3 is 11.9 Å². The molecule has 11 heteroatoms. The molecule has 2 aliphatic heterocycles. The fourth-order valence-electron chi connectivity index (χ4n) is 7.10. The van der Waals surface area contributed by atoms with Crippen LogP contribution in [0.2, 0.25) is 0 Å². The van der Waals surface area contributed by atoms with Gasteiger partial charge in [0.05, 0.1) is 41.6 Å². The lowest BCUT2D eigenvalue weighted by molar-refractivity contribution is -0.298. The van der Waals surface area contributed by atoms with Gasteiger partial charge in [0.1, 0.15) is 5.76 Å². The van der Waals surface area contributed by atoms with Crippen molar-refractivity contribution in [3.8, 4) is 0 Å². The normalized spacial score (nSPS) is 26.3. The highest BCUT2D eigenvalue weighted by atomic mass is 16.7. The molecule has 2 aliphatic rings. The molecule has 0 aromatic heterocycles. The first-order chi connectivity index (χ1) is 23.0. The zero-order valence-electron chi connectivity index (χ0n) is 31.4. The summed E-state index contributed by atoms with van der Waals surface area (Å²) < 4.78 is 37.9. The maximum Gasteiger partial charge on any atom is 0.340 e. The molecule has 0 bridgehead atoms. The second-order valence-electron chi connectivity index (χ2n) is 14.7. The van der Waals surface area contributed by atoms with Gasteiger partial charge in [-0.1, -0.05) is 38.1 Å². The number of benzene rings is 1. The largest absolute Gasteiger partial charge is 0.456 e. The Morgan fingerprint density at radius 3 is 2.41 bits per heavy atom. The standard InChI is InChI=1S/C38H60N2O9/c1-13-17-29(23-41)40(11)22-24(2)21-38(8,44-12)33(26(4)31-27(5)34(42)49-37(6,7)48-31)47-36-32(30(39(9)10)20-25(3)45-36)46-35(43)28-18-15-14-16-19-28/h13-16,18-19,24-26,29-30,32-33,36,41H,1,17,20-23H2,2-12H3/t24?,25-,26?,29?,30+,32-,33?,36+,38?/m1/s1. The Morgan fingerprint density at radius 2 is 1.84 bits per heavy atom. The quantitative estimate of drug-likeness (QED) is 0.172. The Bertz CT molecular complexity index is 1290. The third kappa shape index (κ3) is 10.4. The van der Waals surface area contributed by atoms with E-state index >= 15 is 0 Å². The molecule has 1 aromatic rings. The van der Waals surface area contributed by atoms with E-state index in [-0.39, 0.29) is 30.7 Å². The molecule has 5 unspecified atom stereocenters. The van der Waals surface area contributed by atoms with Gasteiger partial charge in [-0.3, -0.25) is 0 Å². The van der Waals surface area contributed by atoms with Gasteiger partial charge in [0.2, 0.25) is 5.79 Å². The number of carbonyl (C=O) groups is 2. The predicted octanol–water partition coefficient (Wildman–Crippen LogP) is 5.18. The summed E-state index contributed by atoms with van der Waals surface area (Å²) >= 11 is 0. The zero-order valence-corrected chi connectivity index (χ0v) is 31.4. The van der Waals surface area contributed by atoms with Crippen LogP contribution in [0.4, 0.5) is 0 Å². The number of hydrogen-bond acceptors (Lipinski definition) is 11. The van der Waals surface area contributed by atoms with E-state index in [2.05, 4.69) is 18.4 Å². The summed E-state index contributed by atoms with van der Waals surface area (Å²) in [5, 5.41) is 9.99. The molecule has 0 spiro atoms. The molecule has 49 heavy (non-hydrogen) atoms. The van der Waals surface area contributed by atoms with E-state index in [9.17, 15) is 14.7 Å². The molecule has 2 heterocycles. The number of cyclic esters (lactones) is 1. The highest BCUT2D eigenvalue weighted by Crippen LogP contribution is 2.41. The third-order valence-corrected chi connectivity index (χ3v) is 9.72. The minimum Gasteiger partial charge on any atom is -0.456 e. The minimum atomic E-state index is -1.19. The number of ether oxygens (including phenoxy) is 6. The smallest absolute Gasteiger partial charge is 0.340 e. The van der Waals surface area contributed by atoms with Crippen LogP contribution in [0.5, 0.6) is 0 Å². The van der Waals surface area contributed by atoms with E-state index in [0.29, 0.717) is 42.7 Å². The Balaban J connectivity index is 2.07. The van der Waals surface area contributed by atoms with Crippen molar-refractivity contribution in [2.24, 2.45) is 11.8 Å². The van der Waals surface area contributed by atoms with E-state index in [1.807, 2.05) is 59.0 Å². The van der Waals surface area contributed by atoms with Gasteiger partial charge in [0.15, 0.2) is 12.4 Å². The van der Waals surface area contributed by atoms with Crippen molar-refractivity contribution in [3.05, 3.63) is 59.9 Å². The molecule has 9 atom stereocenters. The number of methoxy groups -OCH3 is 1. The summed E-state index contributed by atoms with van der Waals surface area (Å²) in [5.74, 6) is -2.12. The van der Waals surface area contributed by atoms with E-state index in [4.69, 9.17) is 28.4 Å². The number of aliphatic hydroxyl groups is 1. The van der Waals surface area contributed by atoms with Gasteiger partial charge in [0, 0.05) is 39.5 Å². The molecule has 276 valence electrons. The van der Waals surface area contributed by atoms with Crippen LogP contribution < -0.4 is 0 Å². The van der Waals surface area contributed by atoms with Crippen molar-refractivity contribution in [2.75, 3.05) is 41.4 Å². The van der Waals surface area contributed by atoms with Crippen molar-refractivity contribution >= 4 is 11.9 Å². The zero-order chi connectivity index (χ0) is 36.7. The molecule has 3 rings (SSSR count). The van der Waals surface area contributed by atoms with Gasteiger partial charge in [-0.15, -0.1) is 6.58 Å². The summed E-state index contributed by atoms with van der Waals surface area (Å²) in [6.07, 6.45) is 0.932. The van der Waals surface area contributed by atoms with Gasteiger partial charge in [-0.25, -0.2) is 9.59 Å². The van der Waals surface area contributed by atoms with Crippen LogP contribution in [0.3, 0.4) is 0 Å². The molecule has 0 radical (unpaired) electrons. The number of likely N-dealkylation sites (N-methyl/N-ethyl adjacent to an activating group) is 2. The first kappa shape index (κ1) is 40.6. The molecular weight excluding hydrogens is 628 g/mol. The van der Waals surface area contributed by atoms with Crippen LogP contribution in [-0.2, 0) is 33.2 Å². The molecule has 1 aromatic carbocycles. The van der Waals surface area contributed by atoms with Gasteiger partial charge in [-0.2, -0.15) is 0 Å². The van der Waals surface area contributed by atoms with Gasteiger partial charge in [0.25, 0.3) is 0 Å². The van der Waals surface area contributed by atoms with Crippen molar-refractivity contribution in [1.29, 1.82) is 0 Å². The molecule has 0 amide bonds. The third-order valence-electron chi connectivity index (χ3n) is 9.72. The molecule has 11 nitrogen and oxygen atoms in total. The van der Waals surface area contributed by atoms with Crippen LogP contribution >= 0.6 is 0 Å². The molecule has 1 fully saturated rings. The molecule has 1 saturated heterocycles. The summed E-state index contributed by atoms with van der Waals surface area (Å²) in [4.78, 5) is 30.6. The SMILES string of the molecule is C=CCC(CO)N(C)CC(C)CC(C)(OC)C(O[C@@H]1O[C@H](C)C[C@H](N(C)C)[C@H]1OC(=O)c1ccccc1)C(C)C1=C(C)C(=O)OC(C)(C)O1. The van der Waals surface area contributed by atoms with Gasteiger partial charge in [-0.05, 0) is 79.2 Å². The fraction of sp³-hybridized carbons (Fsp3) is 0.684. The number of aliphatic hydroxyl groups excluding tert-OH is 1. The van der Waals surface area contributed by atoms with Crippen LogP contribution in [0.1, 0.15) is 78.1 Å². The Labute approximate surface area is 293 Å². The topological polar surface area (TPSA) is 116 Å². The Morgan fingerprint density at radius 1 is 1.18 bits per heavy atom. The lowest BCUT2D eigenvalue weighted by Gasteiger charge is -2.48. The number of rotatable bonds is 17. The predicted molar refractivity (Wildman–Crippen MR) is 188 cm³/mol. The second-order valence-corrected chi connectivity index (χ2v) is 14.7. The Kier molecular flexibility index (Phi) is 14.4. The van der Waals surface area contributed by atoms with E-state index in [1.165, 1.54) is 0 Å². The van der Waals surface area contributed by atoms with E-state index in [1.54, 1.807) is 52.1 Å². The number of esters is 2.